The van der Waals surface area contributed by atoms with Crippen molar-refractivity contribution in [1.82, 2.24) is 0 Å². The molecule has 1 aromatic carbocycles. The number of rotatable bonds is 3. The van der Waals surface area contributed by atoms with E-state index in [0.29, 0.717) is 11.1 Å². The molecule has 0 bridgehead atoms. The first-order valence-electron chi connectivity index (χ1n) is 4.54. The second kappa shape index (κ2) is 3.76. The first-order valence-corrected chi connectivity index (χ1v) is 4.54. The summed E-state index contributed by atoms with van der Waals surface area (Å²) < 4.78 is 0. The Balaban J connectivity index is 2.32. The monoisotopic (exact) mass is 204 g/mol. The second-order valence-corrected chi connectivity index (χ2v) is 3.13. The molecule has 0 unspecified atom stereocenters. The van der Waals surface area contributed by atoms with Crippen molar-refractivity contribution in [3.63, 3.8) is 0 Å². The van der Waals surface area contributed by atoms with Crippen LogP contribution in [0.5, 0.6) is 0 Å². The van der Waals surface area contributed by atoms with Gasteiger partial charge >= 0.3 is 11.8 Å². The molecule has 0 fully saturated rings. The molecule has 0 aromatic heterocycles. The van der Waals surface area contributed by atoms with Crippen molar-refractivity contribution in [3.05, 3.63) is 48.0 Å². The number of carbonyl (C=O) groups is 2. The number of nitrogens with one attached hydrogen (secondary N) is 1. The van der Waals surface area contributed by atoms with Gasteiger partial charge in [0.05, 0.1) is 11.1 Å². The van der Waals surface area contributed by atoms with Crippen molar-refractivity contribution < 1.29 is 19.5 Å². The lowest BCUT2D eigenvalue weighted by Gasteiger charge is -2.03. The van der Waals surface area contributed by atoms with Gasteiger partial charge in [-0.05, 0) is 12.1 Å². The zero-order valence-electron chi connectivity index (χ0n) is 8.03. The van der Waals surface area contributed by atoms with E-state index in [2.05, 4.69) is 6.58 Å². The van der Waals surface area contributed by atoms with Crippen molar-refractivity contribution in [2.45, 2.75) is 0 Å². The van der Waals surface area contributed by atoms with Gasteiger partial charge in [0, 0.05) is 0 Å². The summed E-state index contributed by atoms with van der Waals surface area (Å²) in [6.45, 7) is 3.63. The quantitative estimate of drug-likeness (QED) is 0.556. The number of hydrogen-bond acceptors (Lipinski definition) is 3. The lowest BCUT2D eigenvalue weighted by atomic mass is 10.1. The minimum absolute atomic E-state index is 0.101. The number of hydrogen-bond donors (Lipinski definition) is 1. The zero-order valence-corrected chi connectivity index (χ0v) is 8.03. The SMILES string of the molecule is C=CCO[NH+]1C(=O)c2ccccc2C1=O. The molecule has 1 aliphatic rings. The smallest absolute Gasteiger partial charge is 0.222 e. The minimum Gasteiger partial charge on any atom is -0.222 e. The lowest BCUT2D eigenvalue weighted by Crippen LogP contribution is -3.14. The topological polar surface area (TPSA) is 47.8 Å². The number of amides is 2. The maximum atomic E-state index is 11.7. The van der Waals surface area contributed by atoms with Crippen LogP contribution in [0.2, 0.25) is 0 Å². The minimum atomic E-state index is -0.336. The molecule has 1 aromatic rings. The fourth-order valence-corrected chi connectivity index (χ4v) is 1.50. The second-order valence-electron chi connectivity index (χ2n) is 3.13. The molecular formula is C11H10NO3+. The van der Waals surface area contributed by atoms with Crippen LogP contribution in [-0.4, -0.2) is 18.4 Å². The average Bonchev–Trinajstić information content (AvgIpc) is 2.51. The molecule has 1 aliphatic heterocycles. The summed E-state index contributed by atoms with van der Waals surface area (Å²) in [6, 6.07) is 6.70. The van der Waals surface area contributed by atoms with Crippen molar-refractivity contribution in [2.75, 3.05) is 6.61 Å². The van der Waals surface area contributed by atoms with Crippen LogP contribution in [0, 0.1) is 0 Å². The average molecular weight is 204 g/mol. The molecule has 15 heavy (non-hydrogen) atoms. The molecular weight excluding hydrogens is 194 g/mol. The van der Waals surface area contributed by atoms with E-state index in [1.807, 2.05) is 0 Å². The molecule has 0 saturated carbocycles. The van der Waals surface area contributed by atoms with Crippen LogP contribution < -0.4 is 5.06 Å². The Morgan fingerprint density at radius 3 is 2.20 bits per heavy atom. The van der Waals surface area contributed by atoms with Gasteiger partial charge in [0.15, 0.2) is 0 Å². The third-order valence-corrected chi connectivity index (χ3v) is 2.17. The van der Waals surface area contributed by atoms with Gasteiger partial charge in [0.25, 0.3) is 0 Å². The van der Waals surface area contributed by atoms with Crippen LogP contribution >= 0.6 is 0 Å². The Kier molecular flexibility index (Phi) is 2.45. The summed E-state index contributed by atoms with van der Waals surface area (Å²) in [6.07, 6.45) is 1.50. The summed E-state index contributed by atoms with van der Waals surface area (Å²) in [7, 11) is 0. The molecule has 0 spiro atoms. The number of carbonyl (C=O) groups excluding carboxylic acids is 2. The Hall–Kier alpha value is -1.78. The van der Waals surface area contributed by atoms with Crippen molar-refractivity contribution in [1.29, 1.82) is 0 Å². The molecule has 2 amide bonds. The van der Waals surface area contributed by atoms with Crippen molar-refractivity contribution >= 4 is 11.8 Å². The number of imide groups is 1. The Bertz CT molecular complexity index is 404. The van der Waals surface area contributed by atoms with Gasteiger partial charge < -0.3 is 0 Å². The van der Waals surface area contributed by atoms with Crippen LogP contribution in [0.3, 0.4) is 0 Å². The maximum Gasteiger partial charge on any atom is 0.385 e. The summed E-state index contributed by atoms with van der Waals surface area (Å²) >= 11 is 0. The molecule has 0 saturated heterocycles. The normalized spacial score (nSPS) is 15.5. The number of quaternary nitrogens is 1. The lowest BCUT2D eigenvalue weighted by molar-refractivity contribution is -0.947. The van der Waals surface area contributed by atoms with Crippen LogP contribution in [0.15, 0.2) is 36.9 Å². The van der Waals surface area contributed by atoms with E-state index in [4.69, 9.17) is 4.84 Å². The third kappa shape index (κ3) is 1.49. The van der Waals surface area contributed by atoms with Crippen LogP contribution in [0.4, 0.5) is 0 Å². The number of benzene rings is 1. The first-order chi connectivity index (χ1) is 7.25. The van der Waals surface area contributed by atoms with E-state index in [1.54, 1.807) is 24.3 Å². The van der Waals surface area contributed by atoms with Gasteiger partial charge in [-0.15, -0.1) is 6.58 Å². The number of hydroxylamine groups is 2. The van der Waals surface area contributed by atoms with Gasteiger partial charge in [0.2, 0.25) is 0 Å². The number of fused-ring (bicyclic) bond motifs is 1. The highest BCUT2D eigenvalue weighted by Gasteiger charge is 2.43. The molecule has 0 aliphatic carbocycles. The fourth-order valence-electron chi connectivity index (χ4n) is 1.50. The zero-order chi connectivity index (χ0) is 10.8. The highest BCUT2D eigenvalue weighted by molar-refractivity contribution is 6.10. The van der Waals surface area contributed by atoms with E-state index in [0.717, 1.165) is 0 Å². The standard InChI is InChI=1S/C11H9NO3/c1-2-7-15-12-10(13)8-5-3-4-6-9(8)11(12)14/h2-6H,1,7H2/p+1. The van der Waals surface area contributed by atoms with Gasteiger partial charge in [-0.2, -0.15) is 4.84 Å². The third-order valence-electron chi connectivity index (χ3n) is 2.17. The predicted molar refractivity (Wildman–Crippen MR) is 52.2 cm³/mol. The summed E-state index contributed by atoms with van der Waals surface area (Å²) in [5, 5.41) is -0.101. The summed E-state index contributed by atoms with van der Waals surface area (Å²) in [5.74, 6) is -0.671. The first kappa shape index (κ1) is 9.76. The van der Waals surface area contributed by atoms with E-state index in [9.17, 15) is 9.59 Å². The van der Waals surface area contributed by atoms with Crippen LogP contribution in [0.1, 0.15) is 20.7 Å². The summed E-state index contributed by atoms with van der Waals surface area (Å²) in [5.41, 5.74) is 0.836. The van der Waals surface area contributed by atoms with Gasteiger partial charge in [-0.1, -0.05) is 23.3 Å². The molecule has 76 valence electrons. The Labute approximate surface area is 86.7 Å². The molecule has 1 heterocycles. The predicted octanol–water partition coefficient (Wildman–Crippen LogP) is -0.0169. The molecule has 0 radical (unpaired) electrons. The Morgan fingerprint density at radius 1 is 1.20 bits per heavy atom. The van der Waals surface area contributed by atoms with E-state index in [1.165, 1.54) is 6.08 Å². The highest BCUT2D eigenvalue weighted by Crippen LogP contribution is 2.10. The Morgan fingerprint density at radius 2 is 1.73 bits per heavy atom. The molecule has 2 rings (SSSR count). The van der Waals surface area contributed by atoms with Crippen molar-refractivity contribution in [3.8, 4) is 0 Å². The highest BCUT2D eigenvalue weighted by atomic mass is 16.7. The molecule has 4 heteroatoms. The molecule has 4 nitrogen and oxygen atoms in total. The van der Waals surface area contributed by atoms with Gasteiger partial charge in [-0.25, -0.2) is 9.59 Å². The largest absolute Gasteiger partial charge is 0.385 e. The summed E-state index contributed by atoms with van der Waals surface area (Å²) in [4.78, 5) is 28.5. The van der Waals surface area contributed by atoms with Crippen LogP contribution in [-0.2, 0) is 4.84 Å². The fraction of sp³-hybridized carbons (Fsp3) is 0.0909. The molecule has 0 atom stereocenters. The van der Waals surface area contributed by atoms with Gasteiger partial charge in [0.1, 0.15) is 6.61 Å². The van der Waals surface area contributed by atoms with Crippen molar-refractivity contribution in [2.24, 2.45) is 0 Å². The van der Waals surface area contributed by atoms with Gasteiger partial charge in [-0.3, -0.25) is 0 Å². The maximum absolute atomic E-state index is 11.7. The van der Waals surface area contributed by atoms with E-state index in [-0.39, 0.29) is 23.5 Å². The van der Waals surface area contributed by atoms with E-state index < -0.39 is 0 Å². The van der Waals surface area contributed by atoms with E-state index >= 15 is 0 Å². The van der Waals surface area contributed by atoms with Crippen LogP contribution in [0.25, 0.3) is 0 Å². The molecule has 1 N–H and O–H groups in total.